The van der Waals surface area contributed by atoms with E-state index >= 15 is 0 Å². The van der Waals surface area contributed by atoms with Crippen molar-refractivity contribution in [3.8, 4) is 11.8 Å². The van der Waals surface area contributed by atoms with E-state index in [1.165, 1.54) is 74.1 Å². The molecule has 0 fully saturated rings. The van der Waals surface area contributed by atoms with Crippen molar-refractivity contribution >= 4 is 11.6 Å². The Morgan fingerprint density at radius 2 is 0.557 bits per heavy atom. The van der Waals surface area contributed by atoms with Crippen molar-refractivity contribution < 1.29 is 4.39 Å². The van der Waals surface area contributed by atoms with Crippen LogP contribution in [0.2, 0.25) is 5.02 Å². The van der Waals surface area contributed by atoms with Crippen molar-refractivity contribution in [1.29, 1.82) is 0 Å². The molecule has 0 saturated heterocycles. The molecule has 28 nitrogen and oxygen atoms in total. The van der Waals surface area contributed by atoms with E-state index < -0.39 is 0 Å². The molecule has 0 aliphatic carbocycles. The molecular formula is C119H132ClFN28. The summed E-state index contributed by atoms with van der Waals surface area (Å²) >= 11 is 6.20. The number of hydrogen-bond donors (Lipinski definition) is 4. The third kappa shape index (κ3) is 33.7. The van der Waals surface area contributed by atoms with Crippen molar-refractivity contribution in [3.05, 3.63) is 526 Å². The van der Waals surface area contributed by atoms with Crippen molar-refractivity contribution in [3.63, 3.8) is 0 Å². The number of benzene rings is 12. The highest BCUT2D eigenvalue weighted by Crippen LogP contribution is 2.34. The minimum Gasteiger partial charge on any atom is -0.312 e. The summed E-state index contributed by atoms with van der Waals surface area (Å²) in [7, 11) is 0. The van der Waals surface area contributed by atoms with Crippen LogP contribution >= 0.6 is 11.6 Å². The number of H-pyrrole nitrogens is 4. The van der Waals surface area contributed by atoms with Crippen LogP contribution in [0.1, 0.15) is 198 Å². The maximum absolute atomic E-state index is 13.3. The number of hydrogen-bond acceptors (Lipinski definition) is 20. The lowest BCUT2D eigenvalue weighted by atomic mass is 9.88. The van der Waals surface area contributed by atoms with E-state index in [0.717, 1.165) is 127 Å². The van der Waals surface area contributed by atoms with E-state index in [4.69, 9.17) is 11.6 Å². The molecule has 20 aromatic rings. The predicted molar refractivity (Wildman–Crippen MR) is 586 cm³/mol. The molecule has 8 aromatic heterocycles. The molecular weight excluding hydrogens is 1880 g/mol. The van der Waals surface area contributed by atoms with Gasteiger partial charge in [0, 0.05) is 60.4 Å². The lowest BCUT2D eigenvalue weighted by molar-refractivity contribution is 0.234. The zero-order chi connectivity index (χ0) is 98.9. The molecule has 0 spiro atoms. The van der Waals surface area contributed by atoms with Gasteiger partial charge >= 0.3 is 0 Å². The van der Waals surface area contributed by atoms with Crippen LogP contribution in [-0.2, 0) is 78.5 Å². The summed E-state index contributed by atoms with van der Waals surface area (Å²) in [6.45, 7) is 13.1. The Morgan fingerprint density at radius 3 is 0.832 bits per heavy atom. The number of nitrogens with zero attached hydrogens (tertiary/aromatic N) is 24. The van der Waals surface area contributed by atoms with Gasteiger partial charge < -0.3 is 18.3 Å². The predicted octanol–water partition coefficient (Wildman–Crippen LogP) is 22.3. The van der Waals surface area contributed by atoms with Crippen LogP contribution in [0.25, 0.3) is 0 Å². The van der Waals surface area contributed by atoms with Gasteiger partial charge in [0.05, 0.1) is 78.5 Å². The molecule has 0 unspecified atom stereocenters. The van der Waals surface area contributed by atoms with Gasteiger partial charge in [-0.25, -0.2) is 24.3 Å². The number of rotatable bonds is 43. The fourth-order valence-electron chi connectivity index (χ4n) is 18.0. The molecule has 0 aliphatic rings. The highest BCUT2D eigenvalue weighted by atomic mass is 35.5. The van der Waals surface area contributed by atoms with E-state index in [9.17, 15) is 4.39 Å². The van der Waals surface area contributed by atoms with Crippen LogP contribution in [0.3, 0.4) is 0 Å². The zero-order valence-electron chi connectivity index (χ0n) is 81.0. The Labute approximate surface area is 878 Å². The van der Waals surface area contributed by atoms with E-state index in [2.05, 4.69) is 422 Å². The molecule has 0 radical (unpaired) electrons. The Hall–Kier alpha value is -16.6. The third-order valence-electron chi connectivity index (χ3n) is 25.4. The van der Waals surface area contributed by atoms with Gasteiger partial charge in [-0.15, -0.1) is 40.8 Å². The summed E-state index contributed by atoms with van der Waals surface area (Å²) in [6, 6.07) is 119. The van der Waals surface area contributed by atoms with Gasteiger partial charge in [-0.05, 0) is 130 Å². The number of nitrogens with one attached hydrogen (secondary N) is 4. The van der Waals surface area contributed by atoms with Crippen LogP contribution in [0.15, 0.2) is 396 Å². The summed E-state index contributed by atoms with van der Waals surface area (Å²) in [5.74, 6) is 14.2. The second-order valence-corrected chi connectivity index (χ2v) is 36.1. The molecule has 8 heterocycles. The molecule has 149 heavy (non-hydrogen) atoms. The fraction of sp³-hybridized carbons (Fsp3) is 0.244. The summed E-state index contributed by atoms with van der Waals surface area (Å²) in [5.41, 5.74) is 16.1. The van der Waals surface area contributed by atoms with Crippen LogP contribution in [0.5, 0.6) is 0 Å². The average Bonchev–Trinajstić information content (AvgIpc) is 1.83. The minimum atomic E-state index is -0.243. The first kappa shape index (κ1) is 110. The van der Waals surface area contributed by atoms with E-state index in [1.807, 2.05) is 64.0 Å². The quantitative estimate of drug-likeness (QED) is 0.0258. The van der Waals surface area contributed by atoms with Crippen molar-refractivity contribution in [2.45, 2.75) is 165 Å². The molecule has 0 atom stereocenters. The largest absolute Gasteiger partial charge is 0.312 e. The van der Waals surface area contributed by atoms with Gasteiger partial charge in [-0.3, -0.25) is 40.0 Å². The summed E-state index contributed by atoms with van der Waals surface area (Å²) in [4.78, 5) is 26.8. The summed E-state index contributed by atoms with van der Waals surface area (Å²) in [6.07, 6.45) is 17.0. The molecule has 0 bridgehead atoms. The fourth-order valence-corrected chi connectivity index (χ4v) is 18.2. The summed E-state index contributed by atoms with van der Waals surface area (Å²) < 4.78 is 21.6. The van der Waals surface area contributed by atoms with Gasteiger partial charge in [0.25, 0.3) is 0 Å². The van der Waals surface area contributed by atoms with E-state index in [1.54, 1.807) is 50.1 Å². The van der Waals surface area contributed by atoms with Crippen LogP contribution < -0.4 is 0 Å². The third-order valence-corrected chi connectivity index (χ3v) is 25.6. The second kappa shape index (κ2) is 58.5. The maximum Gasteiger partial charge on any atom is 0.147 e. The first-order valence-electron chi connectivity index (χ1n) is 48.8. The second-order valence-electron chi connectivity index (χ2n) is 35.6. The molecule has 0 saturated carbocycles. The smallest absolute Gasteiger partial charge is 0.147 e. The monoisotopic (exact) mass is 2010 g/mol. The average molecular weight is 2010 g/mol. The minimum absolute atomic E-state index is 0. The topological polar surface area (TPSA) is 302 Å². The SMILES string of the molecule is C.C.C.C.C(#Cc1ccccc1)Cn1cnnc1CN(CCC(c1ccccc1)c1ccccc1)Cc1ncn[nH]1.Cc1ccc(Cn2cnnc2CN(CCC(c2ccccc2)c2ccccc2)Cc2ncn[nH]2)cc1.Clc1cccc(Cn2cnnc2CN(CCC(c2ccccc2)c2ccccc2)Cc2ncn[nH]2)c1.Fc1ccc(Cn2cnnc2CN(CCC(c2ccccc2)c2ccccc2)Cc2ncn[nH]2)cc1. The van der Waals surface area contributed by atoms with Gasteiger partial charge in [0.2, 0.25) is 0 Å². The lowest BCUT2D eigenvalue weighted by Crippen LogP contribution is -2.28. The Kier molecular flexibility index (Phi) is 43.0. The number of halogens is 2. The lowest BCUT2D eigenvalue weighted by Gasteiger charge is -2.25. The normalized spacial score (nSPS) is 11.0. The van der Waals surface area contributed by atoms with E-state index in [0.29, 0.717) is 77.9 Å². The molecule has 4 N–H and O–H groups in total. The van der Waals surface area contributed by atoms with Crippen molar-refractivity contribution in [2.75, 3.05) is 26.2 Å². The van der Waals surface area contributed by atoms with Crippen LogP contribution in [0, 0.1) is 24.6 Å². The molecule has 0 aliphatic heterocycles. The summed E-state index contributed by atoms with van der Waals surface area (Å²) in [5, 5.41) is 63.3. The highest BCUT2D eigenvalue weighted by Gasteiger charge is 2.26. The van der Waals surface area contributed by atoms with Gasteiger partial charge in [0.15, 0.2) is 0 Å². The molecule has 0 amide bonds. The van der Waals surface area contributed by atoms with Gasteiger partial charge in [0.1, 0.15) is 103 Å². The Bertz CT molecular complexity index is 6720. The first-order chi connectivity index (χ1) is 71.6. The zero-order valence-corrected chi connectivity index (χ0v) is 81.7. The maximum atomic E-state index is 13.3. The van der Waals surface area contributed by atoms with Gasteiger partial charge in [-0.2, -0.15) is 20.4 Å². The van der Waals surface area contributed by atoms with E-state index in [-0.39, 0.29) is 53.3 Å². The highest BCUT2D eigenvalue weighted by molar-refractivity contribution is 6.30. The van der Waals surface area contributed by atoms with Crippen molar-refractivity contribution in [1.82, 2.24) is 139 Å². The standard InChI is InChI=1S/C30H29N7.C29H31N7.C28H28ClN7.C28H28FN7.4CH4/c1-4-11-25(12-5-1)13-10-19-37-24-33-35-30(37)22-36(21-29-31-23-32-34-29)20-18-28(26-14-6-2-7-15-26)27-16-8-3-9-17-27;1-23-12-14-24(15-13-23)18-36-22-32-34-29(36)20-35(19-28-30-21-31-33-28)17-16-27(25-8-4-2-5-9-25)26-10-6-3-7-11-26;29-25-13-7-8-22(16-25)17-36-21-32-34-28(36)19-35(18-27-30-20-31-33-27)15-14-26(23-9-3-1-4-10-23)24-11-5-2-6-12-24;29-25-13-11-22(12-14-25)17-36-21-32-34-28(36)19-35(18-27-30-20-31-33-27)16-15-26(23-7-3-1-4-8-23)24-9-5-2-6-10-24;;;;/h1-9,11-12,14-17,23-24,28H,18-22H2,(H,31,32,34);2-15,21-22,27H,16-20H2,1H3,(H,30,31,33);1-13,16,20-21,26H,14-15,17-19H2,(H,30,31,33);1-14,20-21,26H,15-19H2,(H,30,31,33);4*1H4. The van der Waals surface area contributed by atoms with Crippen LogP contribution in [-0.4, -0.2) is 166 Å². The number of aryl methyl sites for hydroxylation is 1. The molecule has 762 valence electrons. The molecule has 20 rings (SSSR count). The Morgan fingerprint density at radius 1 is 0.295 bits per heavy atom. The van der Waals surface area contributed by atoms with Crippen molar-refractivity contribution in [2.24, 2.45) is 0 Å². The molecule has 12 aromatic carbocycles. The first-order valence-corrected chi connectivity index (χ1v) is 49.2. The molecule has 30 heteroatoms. The Balaban J connectivity index is 0.000000164. The number of aromatic nitrogens is 24. The van der Waals surface area contributed by atoms with Crippen LogP contribution in [0.4, 0.5) is 4.39 Å². The number of aromatic amines is 4. The van der Waals surface area contributed by atoms with Gasteiger partial charge in [-0.1, -0.05) is 368 Å².